The summed E-state index contributed by atoms with van der Waals surface area (Å²) in [5.41, 5.74) is 8.95. The molecule has 0 fully saturated rings. The molecule has 2 N–H and O–H groups in total. The first kappa shape index (κ1) is 10.2. The summed E-state index contributed by atoms with van der Waals surface area (Å²) in [6.07, 6.45) is 3.70. The van der Waals surface area contributed by atoms with Crippen LogP contribution in [0, 0.1) is 0 Å². The van der Waals surface area contributed by atoms with Gasteiger partial charge in [-0.25, -0.2) is 0 Å². The molecule has 2 atom stereocenters. The number of halogens is 1. The molecular weight excluding hydrogens is 238 g/mol. The Morgan fingerprint density at radius 3 is 3.00 bits per heavy atom. The van der Waals surface area contributed by atoms with Crippen molar-refractivity contribution < 1.29 is 0 Å². The molecule has 1 nitrogen and oxygen atoms in total. The monoisotopic (exact) mass is 253 g/mol. The first-order valence-electron chi connectivity index (χ1n) is 5.23. The van der Waals surface area contributed by atoms with E-state index in [1.165, 1.54) is 34.9 Å². The topological polar surface area (TPSA) is 26.0 Å². The first-order valence-corrected chi connectivity index (χ1v) is 6.02. The standard InChI is InChI=1S/C12H16BrN/c1-8(14)9-4-2-6-11-10(9)5-3-7-12(11)13/h3,5,7-9H,2,4,6,14H2,1H3. The molecule has 0 aromatic heterocycles. The second kappa shape index (κ2) is 4.03. The lowest BCUT2D eigenvalue weighted by Crippen LogP contribution is -2.27. The molecule has 2 heteroatoms. The zero-order valence-electron chi connectivity index (χ0n) is 8.46. The van der Waals surface area contributed by atoms with Gasteiger partial charge < -0.3 is 5.73 Å². The Kier molecular flexibility index (Phi) is 2.93. The molecule has 2 rings (SSSR count). The van der Waals surface area contributed by atoms with Crippen molar-refractivity contribution in [3.05, 3.63) is 33.8 Å². The second-order valence-corrected chi connectivity index (χ2v) is 5.02. The largest absolute Gasteiger partial charge is 0.327 e. The predicted octanol–water partition coefficient (Wildman–Crippen LogP) is 3.22. The van der Waals surface area contributed by atoms with Crippen LogP contribution in [-0.4, -0.2) is 6.04 Å². The summed E-state index contributed by atoms with van der Waals surface area (Å²) in [7, 11) is 0. The van der Waals surface area contributed by atoms with Crippen LogP contribution in [-0.2, 0) is 6.42 Å². The minimum Gasteiger partial charge on any atom is -0.327 e. The van der Waals surface area contributed by atoms with Gasteiger partial charge in [0, 0.05) is 10.5 Å². The summed E-state index contributed by atoms with van der Waals surface area (Å²) in [6.45, 7) is 2.11. The minimum atomic E-state index is 0.267. The second-order valence-electron chi connectivity index (χ2n) is 4.17. The quantitative estimate of drug-likeness (QED) is 0.818. The Bertz CT molecular complexity index is 333. The number of fused-ring (bicyclic) bond motifs is 1. The molecule has 0 heterocycles. The Hall–Kier alpha value is -0.340. The maximum Gasteiger partial charge on any atom is 0.0210 e. The van der Waals surface area contributed by atoms with E-state index in [1.54, 1.807) is 0 Å². The fraction of sp³-hybridized carbons (Fsp3) is 0.500. The Labute approximate surface area is 93.8 Å². The van der Waals surface area contributed by atoms with Gasteiger partial charge in [0.05, 0.1) is 0 Å². The number of nitrogens with two attached hydrogens (primary N) is 1. The van der Waals surface area contributed by atoms with Crippen LogP contribution in [0.1, 0.15) is 36.8 Å². The van der Waals surface area contributed by atoms with Crippen LogP contribution in [0.15, 0.2) is 22.7 Å². The molecule has 0 spiro atoms. The lowest BCUT2D eigenvalue weighted by atomic mass is 9.79. The van der Waals surface area contributed by atoms with Crippen molar-refractivity contribution in [2.24, 2.45) is 5.73 Å². The molecule has 2 unspecified atom stereocenters. The number of rotatable bonds is 1. The Morgan fingerprint density at radius 1 is 1.50 bits per heavy atom. The van der Waals surface area contributed by atoms with Crippen LogP contribution in [0.25, 0.3) is 0 Å². The smallest absolute Gasteiger partial charge is 0.0210 e. The minimum absolute atomic E-state index is 0.267. The van der Waals surface area contributed by atoms with E-state index < -0.39 is 0 Å². The van der Waals surface area contributed by atoms with Gasteiger partial charge >= 0.3 is 0 Å². The maximum absolute atomic E-state index is 6.02. The summed E-state index contributed by atoms with van der Waals surface area (Å²) >= 11 is 3.62. The molecule has 0 amide bonds. The van der Waals surface area contributed by atoms with Gasteiger partial charge in [-0.05, 0) is 49.3 Å². The third-order valence-electron chi connectivity index (χ3n) is 3.13. The van der Waals surface area contributed by atoms with Crippen molar-refractivity contribution in [1.82, 2.24) is 0 Å². The zero-order chi connectivity index (χ0) is 10.1. The summed E-state index contributed by atoms with van der Waals surface area (Å²) < 4.78 is 1.25. The molecule has 1 aromatic carbocycles. The van der Waals surface area contributed by atoms with Crippen molar-refractivity contribution in [2.75, 3.05) is 0 Å². The van der Waals surface area contributed by atoms with E-state index in [9.17, 15) is 0 Å². The van der Waals surface area contributed by atoms with Gasteiger partial charge in [0.25, 0.3) is 0 Å². The number of benzene rings is 1. The average molecular weight is 254 g/mol. The molecule has 0 saturated carbocycles. The highest BCUT2D eigenvalue weighted by molar-refractivity contribution is 9.10. The van der Waals surface area contributed by atoms with E-state index >= 15 is 0 Å². The molecule has 1 aromatic rings. The molecule has 0 bridgehead atoms. The lowest BCUT2D eigenvalue weighted by molar-refractivity contribution is 0.484. The van der Waals surface area contributed by atoms with Crippen molar-refractivity contribution >= 4 is 15.9 Å². The van der Waals surface area contributed by atoms with Gasteiger partial charge in [-0.3, -0.25) is 0 Å². The molecule has 1 aliphatic carbocycles. The van der Waals surface area contributed by atoms with E-state index in [0.717, 1.165) is 0 Å². The van der Waals surface area contributed by atoms with Gasteiger partial charge in [0.1, 0.15) is 0 Å². The highest BCUT2D eigenvalue weighted by atomic mass is 79.9. The molecule has 14 heavy (non-hydrogen) atoms. The van der Waals surface area contributed by atoms with Crippen LogP contribution in [0.4, 0.5) is 0 Å². The fourth-order valence-corrected chi connectivity index (χ4v) is 2.97. The van der Waals surface area contributed by atoms with Gasteiger partial charge in [-0.15, -0.1) is 0 Å². The molecule has 0 saturated heterocycles. The first-order chi connectivity index (χ1) is 6.70. The summed E-state index contributed by atoms with van der Waals surface area (Å²) in [6, 6.07) is 6.74. The zero-order valence-corrected chi connectivity index (χ0v) is 10.0. The maximum atomic E-state index is 6.02. The van der Waals surface area contributed by atoms with Gasteiger partial charge in [0.15, 0.2) is 0 Å². The normalized spacial score (nSPS) is 22.9. The third kappa shape index (κ3) is 1.73. The van der Waals surface area contributed by atoms with Gasteiger partial charge in [-0.1, -0.05) is 28.1 Å². The Balaban J connectivity index is 2.44. The summed E-state index contributed by atoms with van der Waals surface area (Å²) in [5, 5.41) is 0. The van der Waals surface area contributed by atoms with Crippen LogP contribution in [0.2, 0.25) is 0 Å². The average Bonchev–Trinajstić information content (AvgIpc) is 2.17. The number of hydrogen-bond acceptors (Lipinski definition) is 1. The van der Waals surface area contributed by atoms with Gasteiger partial charge in [0.2, 0.25) is 0 Å². The van der Waals surface area contributed by atoms with E-state index in [0.29, 0.717) is 5.92 Å². The van der Waals surface area contributed by atoms with Crippen LogP contribution >= 0.6 is 15.9 Å². The van der Waals surface area contributed by atoms with Crippen molar-refractivity contribution in [3.63, 3.8) is 0 Å². The van der Waals surface area contributed by atoms with Crippen molar-refractivity contribution in [3.8, 4) is 0 Å². The van der Waals surface area contributed by atoms with Crippen LogP contribution in [0.5, 0.6) is 0 Å². The van der Waals surface area contributed by atoms with E-state index in [4.69, 9.17) is 5.73 Å². The predicted molar refractivity (Wildman–Crippen MR) is 63.5 cm³/mol. The molecule has 0 radical (unpaired) electrons. The van der Waals surface area contributed by atoms with Gasteiger partial charge in [-0.2, -0.15) is 0 Å². The van der Waals surface area contributed by atoms with E-state index in [2.05, 4.69) is 41.1 Å². The van der Waals surface area contributed by atoms with E-state index in [-0.39, 0.29) is 6.04 Å². The summed E-state index contributed by atoms with van der Waals surface area (Å²) in [4.78, 5) is 0. The van der Waals surface area contributed by atoms with Crippen molar-refractivity contribution in [2.45, 2.75) is 38.1 Å². The molecular formula is C12H16BrN. The lowest BCUT2D eigenvalue weighted by Gasteiger charge is -2.29. The highest BCUT2D eigenvalue weighted by Crippen LogP contribution is 2.36. The SMILES string of the molecule is CC(N)C1CCCc2c(Br)cccc21. The fourth-order valence-electron chi connectivity index (χ4n) is 2.39. The van der Waals surface area contributed by atoms with Crippen LogP contribution in [0.3, 0.4) is 0 Å². The molecule has 1 aliphatic rings. The third-order valence-corrected chi connectivity index (χ3v) is 3.87. The number of hydrogen-bond donors (Lipinski definition) is 1. The molecule has 76 valence electrons. The van der Waals surface area contributed by atoms with Crippen molar-refractivity contribution in [1.29, 1.82) is 0 Å². The van der Waals surface area contributed by atoms with Crippen LogP contribution < -0.4 is 5.73 Å². The summed E-state index contributed by atoms with van der Waals surface area (Å²) in [5.74, 6) is 0.552. The highest BCUT2D eigenvalue weighted by Gasteiger charge is 2.23. The Morgan fingerprint density at radius 2 is 2.29 bits per heavy atom. The van der Waals surface area contributed by atoms with E-state index in [1.807, 2.05) is 0 Å². The molecule has 0 aliphatic heterocycles.